The predicted octanol–water partition coefficient (Wildman–Crippen LogP) is 5.02. The van der Waals surface area contributed by atoms with Crippen molar-refractivity contribution < 1.29 is 9.53 Å². The molecule has 0 saturated heterocycles. The van der Waals surface area contributed by atoms with Crippen LogP contribution in [0.2, 0.25) is 10.0 Å². The van der Waals surface area contributed by atoms with Crippen molar-refractivity contribution in [2.45, 2.75) is 0 Å². The molecule has 0 bridgehead atoms. The fourth-order valence-electron chi connectivity index (χ4n) is 1.64. The average molecular weight is 375 g/mol. The van der Waals surface area contributed by atoms with E-state index in [1.807, 2.05) is 6.07 Å². The van der Waals surface area contributed by atoms with Crippen LogP contribution in [0, 0.1) is 0 Å². The van der Waals surface area contributed by atoms with E-state index in [-0.39, 0.29) is 5.91 Å². The zero-order valence-corrected chi connectivity index (χ0v) is 13.5. The first-order chi connectivity index (χ1) is 9.51. The van der Waals surface area contributed by atoms with Crippen LogP contribution in [0.25, 0.3) is 0 Å². The number of rotatable bonds is 3. The van der Waals surface area contributed by atoms with Crippen LogP contribution in [-0.2, 0) is 0 Å². The summed E-state index contributed by atoms with van der Waals surface area (Å²) >= 11 is 15.2. The Morgan fingerprint density at radius 2 is 1.95 bits per heavy atom. The van der Waals surface area contributed by atoms with Crippen molar-refractivity contribution in [1.82, 2.24) is 0 Å². The van der Waals surface area contributed by atoms with Crippen molar-refractivity contribution >= 4 is 50.7 Å². The van der Waals surface area contributed by atoms with E-state index >= 15 is 0 Å². The summed E-state index contributed by atoms with van der Waals surface area (Å²) in [6.45, 7) is 0. The molecule has 6 heteroatoms. The second-order valence-corrected chi connectivity index (χ2v) is 5.68. The van der Waals surface area contributed by atoms with E-state index in [0.29, 0.717) is 27.0 Å². The highest BCUT2D eigenvalue weighted by atomic mass is 79.9. The summed E-state index contributed by atoms with van der Waals surface area (Å²) in [6.07, 6.45) is 0. The number of ether oxygens (including phenoxy) is 1. The summed E-state index contributed by atoms with van der Waals surface area (Å²) in [5.41, 5.74) is 0.851. The molecule has 0 aliphatic rings. The van der Waals surface area contributed by atoms with E-state index < -0.39 is 0 Å². The number of halogens is 3. The first-order valence-electron chi connectivity index (χ1n) is 5.61. The second kappa shape index (κ2) is 6.48. The first kappa shape index (κ1) is 15.2. The SMILES string of the molecule is COc1ccc(Br)cc1NC(=O)c1cc(Cl)ccc1Cl. The van der Waals surface area contributed by atoms with Crippen molar-refractivity contribution in [2.24, 2.45) is 0 Å². The minimum Gasteiger partial charge on any atom is -0.495 e. The smallest absolute Gasteiger partial charge is 0.257 e. The average Bonchev–Trinajstić information content (AvgIpc) is 2.41. The summed E-state index contributed by atoms with van der Waals surface area (Å²) in [4.78, 5) is 12.2. The van der Waals surface area contributed by atoms with Crippen LogP contribution >= 0.6 is 39.1 Å². The van der Waals surface area contributed by atoms with E-state index in [0.717, 1.165) is 4.47 Å². The lowest BCUT2D eigenvalue weighted by Gasteiger charge is -2.11. The third-order valence-corrected chi connectivity index (χ3v) is 3.64. The number of benzene rings is 2. The van der Waals surface area contributed by atoms with E-state index in [1.54, 1.807) is 24.3 Å². The Kier molecular flexibility index (Phi) is 4.91. The van der Waals surface area contributed by atoms with Crippen molar-refractivity contribution in [1.29, 1.82) is 0 Å². The molecule has 0 aliphatic carbocycles. The molecule has 1 amide bonds. The molecule has 0 atom stereocenters. The molecule has 0 fully saturated rings. The number of amides is 1. The van der Waals surface area contributed by atoms with E-state index in [1.165, 1.54) is 13.2 Å². The fourth-order valence-corrected chi connectivity index (χ4v) is 2.38. The molecule has 2 aromatic carbocycles. The number of anilines is 1. The molecule has 20 heavy (non-hydrogen) atoms. The topological polar surface area (TPSA) is 38.3 Å². The third-order valence-electron chi connectivity index (χ3n) is 2.58. The van der Waals surface area contributed by atoms with Gasteiger partial charge >= 0.3 is 0 Å². The molecule has 1 N–H and O–H groups in total. The summed E-state index contributed by atoms with van der Waals surface area (Å²) in [5.74, 6) is 0.202. The maximum atomic E-state index is 12.2. The summed E-state index contributed by atoms with van der Waals surface area (Å²) in [6, 6.07) is 10.0. The largest absolute Gasteiger partial charge is 0.495 e. The molecule has 2 aromatic rings. The Morgan fingerprint density at radius 3 is 2.65 bits per heavy atom. The Bertz CT molecular complexity index is 662. The van der Waals surface area contributed by atoms with Gasteiger partial charge in [-0.25, -0.2) is 0 Å². The molecule has 0 aliphatic heterocycles. The maximum absolute atomic E-state index is 12.2. The third kappa shape index (κ3) is 3.45. The highest BCUT2D eigenvalue weighted by Crippen LogP contribution is 2.29. The van der Waals surface area contributed by atoms with Gasteiger partial charge in [-0.2, -0.15) is 0 Å². The highest BCUT2D eigenvalue weighted by Gasteiger charge is 2.13. The minimum absolute atomic E-state index is 0.307. The van der Waals surface area contributed by atoms with Gasteiger partial charge in [-0.05, 0) is 36.4 Å². The summed E-state index contributed by atoms with van der Waals surface area (Å²) in [5, 5.41) is 3.53. The minimum atomic E-state index is -0.353. The molecule has 0 radical (unpaired) electrons. The van der Waals surface area contributed by atoms with Crippen LogP contribution < -0.4 is 10.1 Å². The molecule has 0 unspecified atom stereocenters. The number of carbonyl (C=O) groups is 1. The van der Waals surface area contributed by atoms with E-state index in [2.05, 4.69) is 21.2 Å². The molecule has 0 saturated carbocycles. The summed E-state index contributed by atoms with van der Waals surface area (Å²) < 4.78 is 6.02. The Balaban J connectivity index is 2.32. The lowest BCUT2D eigenvalue weighted by atomic mass is 10.2. The van der Waals surface area contributed by atoms with Gasteiger partial charge in [0.15, 0.2) is 0 Å². The number of methoxy groups -OCH3 is 1. The van der Waals surface area contributed by atoms with Gasteiger partial charge in [0, 0.05) is 9.50 Å². The van der Waals surface area contributed by atoms with Crippen LogP contribution in [0.1, 0.15) is 10.4 Å². The van der Waals surface area contributed by atoms with Gasteiger partial charge < -0.3 is 10.1 Å². The zero-order chi connectivity index (χ0) is 14.7. The molecule has 3 nitrogen and oxygen atoms in total. The van der Waals surface area contributed by atoms with Gasteiger partial charge in [0.1, 0.15) is 5.75 Å². The number of carbonyl (C=O) groups excluding carboxylic acids is 1. The van der Waals surface area contributed by atoms with Crippen LogP contribution in [0.4, 0.5) is 5.69 Å². The molecule has 2 rings (SSSR count). The van der Waals surface area contributed by atoms with Gasteiger partial charge in [0.2, 0.25) is 0 Å². The molecule has 0 aromatic heterocycles. The molecular weight excluding hydrogens is 365 g/mol. The molecule has 0 spiro atoms. The number of hydrogen-bond acceptors (Lipinski definition) is 2. The van der Waals surface area contributed by atoms with Crippen LogP contribution in [0.15, 0.2) is 40.9 Å². The van der Waals surface area contributed by atoms with Crippen LogP contribution in [0.3, 0.4) is 0 Å². The van der Waals surface area contributed by atoms with Crippen LogP contribution in [0.5, 0.6) is 5.75 Å². The second-order valence-electron chi connectivity index (χ2n) is 3.92. The lowest BCUT2D eigenvalue weighted by Crippen LogP contribution is -2.13. The van der Waals surface area contributed by atoms with Crippen molar-refractivity contribution in [3.63, 3.8) is 0 Å². The monoisotopic (exact) mass is 373 g/mol. The van der Waals surface area contributed by atoms with Gasteiger partial charge in [0.05, 0.1) is 23.4 Å². The molecular formula is C14H10BrCl2NO2. The molecule has 104 valence electrons. The quantitative estimate of drug-likeness (QED) is 0.819. The zero-order valence-electron chi connectivity index (χ0n) is 10.4. The summed E-state index contributed by atoms with van der Waals surface area (Å²) in [7, 11) is 1.53. The number of hydrogen-bond donors (Lipinski definition) is 1. The van der Waals surface area contributed by atoms with Crippen molar-refractivity contribution in [3.8, 4) is 5.75 Å². The standard InChI is InChI=1S/C14H10BrCl2NO2/c1-20-13-5-2-8(15)6-12(13)18-14(19)10-7-9(16)3-4-11(10)17/h2-7H,1H3,(H,18,19). The highest BCUT2D eigenvalue weighted by molar-refractivity contribution is 9.10. The molecule has 0 heterocycles. The Labute approximate surface area is 135 Å². The predicted molar refractivity (Wildman–Crippen MR) is 85.1 cm³/mol. The van der Waals surface area contributed by atoms with Crippen molar-refractivity contribution in [2.75, 3.05) is 12.4 Å². The van der Waals surface area contributed by atoms with Crippen LogP contribution in [-0.4, -0.2) is 13.0 Å². The fraction of sp³-hybridized carbons (Fsp3) is 0.0714. The normalized spacial score (nSPS) is 10.2. The van der Waals surface area contributed by atoms with Gasteiger partial charge in [-0.15, -0.1) is 0 Å². The van der Waals surface area contributed by atoms with Gasteiger partial charge in [-0.1, -0.05) is 39.1 Å². The Morgan fingerprint density at radius 1 is 1.20 bits per heavy atom. The first-order valence-corrected chi connectivity index (χ1v) is 7.16. The van der Waals surface area contributed by atoms with Crippen molar-refractivity contribution in [3.05, 3.63) is 56.5 Å². The number of nitrogens with one attached hydrogen (secondary N) is 1. The maximum Gasteiger partial charge on any atom is 0.257 e. The van der Waals surface area contributed by atoms with E-state index in [9.17, 15) is 4.79 Å². The van der Waals surface area contributed by atoms with Gasteiger partial charge in [0.25, 0.3) is 5.91 Å². The Hall–Kier alpha value is -1.23. The van der Waals surface area contributed by atoms with Gasteiger partial charge in [-0.3, -0.25) is 4.79 Å². The van der Waals surface area contributed by atoms with E-state index in [4.69, 9.17) is 27.9 Å². The lowest BCUT2D eigenvalue weighted by molar-refractivity contribution is 0.102.